The lowest BCUT2D eigenvalue weighted by molar-refractivity contribution is 0.174. The zero-order valence-corrected chi connectivity index (χ0v) is 10.5. The van der Waals surface area contributed by atoms with Crippen LogP contribution >= 0.6 is 0 Å². The van der Waals surface area contributed by atoms with E-state index in [1.165, 1.54) is 5.69 Å². The second-order valence-electron chi connectivity index (χ2n) is 3.77. The van der Waals surface area contributed by atoms with Gasteiger partial charge in [0.1, 0.15) is 0 Å². The number of nitrogens with one attached hydrogen (secondary N) is 1. The van der Waals surface area contributed by atoms with E-state index in [0.29, 0.717) is 6.79 Å². The Morgan fingerprint density at radius 1 is 1.06 bits per heavy atom. The largest absolute Gasteiger partial charge is 0.454 e. The molecule has 0 spiro atoms. The molecular formula is C13H20N2O2. The molecule has 0 atom stereocenters. The van der Waals surface area contributed by atoms with Crippen molar-refractivity contribution < 1.29 is 9.47 Å². The van der Waals surface area contributed by atoms with Gasteiger partial charge in [0.05, 0.1) is 0 Å². The van der Waals surface area contributed by atoms with Crippen LogP contribution in [0.5, 0.6) is 11.5 Å². The van der Waals surface area contributed by atoms with Crippen molar-refractivity contribution in [3.8, 4) is 11.5 Å². The molecule has 1 fully saturated rings. The van der Waals surface area contributed by atoms with Gasteiger partial charge in [0.2, 0.25) is 6.79 Å². The van der Waals surface area contributed by atoms with Crippen LogP contribution in [0.4, 0.5) is 5.69 Å². The summed E-state index contributed by atoms with van der Waals surface area (Å²) >= 11 is 0. The van der Waals surface area contributed by atoms with Gasteiger partial charge in [-0.1, -0.05) is 13.8 Å². The van der Waals surface area contributed by atoms with E-state index in [2.05, 4.69) is 22.3 Å². The summed E-state index contributed by atoms with van der Waals surface area (Å²) in [6.07, 6.45) is 0. The van der Waals surface area contributed by atoms with Gasteiger partial charge in [0, 0.05) is 37.9 Å². The summed E-state index contributed by atoms with van der Waals surface area (Å²) in [7, 11) is 0. The number of rotatable bonds is 1. The Morgan fingerprint density at radius 2 is 1.76 bits per heavy atom. The highest BCUT2D eigenvalue weighted by Gasteiger charge is 2.16. The molecule has 0 aliphatic carbocycles. The molecule has 1 aromatic carbocycles. The Balaban J connectivity index is 0.000000514. The second-order valence-corrected chi connectivity index (χ2v) is 3.77. The van der Waals surface area contributed by atoms with Gasteiger partial charge in [-0.15, -0.1) is 0 Å². The van der Waals surface area contributed by atoms with Crippen LogP contribution in [-0.4, -0.2) is 33.0 Å². The Kier molecular flexibility index (Phi) is 4.09. The normalized spacial score (nSPS) is 17.4. The standard InChI is InChI=1S/C11H14N2O2.C2H6/c1-2-10-11(15-8-14-10)7-9(1)13-5-3-12-4-6-13;1-2/h1-2,7,12H,3-6,8H2;1-2H3. The van der Waals surface area contributed by atoms with Crippen molar-refractivity contribution in [1.29, 1.82) is 0 Å². The van der Waals surface area contributed by atoms with Crippen molar-refractivity contribution in [3.63, 3.8) is 0 Å². The van der Waals surface area contributed by atoms with Gasteiger partial charge in [-0.05, 0) is 12.1 Å². The zero-order valence-electron chi connectivity index (χ0n) is 10.5. The predicted octanol–water partition coefficient (Wildman–Crippen LogP) is 1.85. The van der Waals surface area contributed by atoms with Gasteiger partial charge in [-0.2, -0.15) is 0 Å². The summed E-state index contributed by atoms with van der Waals surface area (Å²) < 4.78 is 10.7. The summed E-state index contributed by atoms with van der Waals surface area (Å²) in [4.78, 5) is 2.36. The first kappa shape index (κ1) is 12.0. The zero-order chi connectivity index (χ0) is 12.1. The fourth-order valence-corrected chi connectivity index (χ4v) is 2.00. The maximum absolute atomic E-state index is 5.37. The molecule has 2 aliphatic heterocycles. The van der Waals surface area contributed by atoms with E-state index >= 15 is 0 Å². The molecule has 1 aromatic rings. The summed E-state index contributed by atoms with van der Waals surface area (Å²) in [6.45, 7) is 8.56. The number of hydrogen-bond donors (Lipinski definition) is 1. The molecule has 3 rings (SSSR count). The highest BCUT2D eigenvalue weighted by atomic mass is 16.7. The molecule has 4 nitrogen and oxygen atoms in total. The van der Waals surface area contributed by atoms with Crippen molar-refractivity contribution >= 4 is 5.69 Å². The van der Waals surface area contributed by atoms with Crippen LogP contribution in [-0.2, 0) is 0 Å². The van der Waals surface area contributed by atoms with Crippen LogP contribution in [0.25, 0.3) is 0 Å². The smallest absolute Gasteiger partial charge is 0.231 e. The lowest BCUT2D eigenvalue weighted by Crippen LogP contribution is -2.43. The maximum Gasteiger partial charge on any atom is 0.231 e. The lowest BCUT2D eigenvalue weighted by atomic mass is 10.2. The number of piperazine rings is 1. The van der Waals surface area contributed by atoms with E-state index in [4.69, 9.17) is 9.47 Å². The van der Waals surface area contributed by atoms with Crippen LogP contribution in [0.15, 0.2) is 18.2 Å². The minimum Gasteiger partial charge on any atom is -0.454 e. The number of fused-ring (bicyclic) bond motifs is 1. The average Bonchev–Trinajstić information content (AvgIpc) is 2.89. The molecule has 2 aliphatic rings. The minimum atomic E-state index is 0.348. The monoisotopic (exact) mass is 236 g/mol. The molecular weight excluding hydrogens is 216 g/mol. The van der Waals surface area contributed by atoms with Crippen molar-refractivity contribution in [3.05, 3.63) is 18.2 Å². The molecule has 0 bridgehead atoms. The summed E-state index contributed by atoms with van der Waals surface area (Å²) in [5, 5.41) is 3.34. The van der Waals surface area contributed by atoms with Crippen LogP contribution in [0.2, 0.25) is 0 Å². The first-order valence-corrected chi connectivity index (χ1v) is 6.29. The third-order valence-corrected chi connectivity index (χ3v) is 2.84. The fourth-order valence-electron chi connectivity index (χ4n) is 2.00. The Bertz CT molecular complexity index is 362. The first-order chi connectivity index (χ1) is 8.43. The summed E-state index contributed by atoms with van der Waals surface area (Å²) in [5.41, 5.74) is 1.22. The first-order valence-electron chi connectivity index (χ1n) is 6.29. The molecule has 0 saturated carbocycles. The molecule has 2 heterocycles. The summed E-state index contributed by atoms with van der Waals surface area (Å²) in [6, 6.07) is 6.15. The van der Waals surface area contributed by atoms with Gasteiger partial charge in [-0.25, -0.2) is 0 Å². The number of ether oxygens (including phenoxy) is 2. The Labute approximate surface area is 103 Å². The van der Waals surface area contributed by atoms with Gasteiger partial charge < -0.3 is 19.7 Å². The van der Waals surface area contributed by atoms with Crippen LogP contribution < -0.4 is 19.7 Å². The van der Waals surface area contributed by atoms with Crippen molar-refractivity contribution in [2.75, 3.05) is 37.9 Å². The number of nitrogens with zero attached hydrogens (tertiary/aromatic N) is 1. The van der Waals surface area contributed by atoms with E-state index < -0.39 is 0 Å². The molecule has 4 heteroatoms. The van der Waals surface area contributed by atoms with Gasteiger partial charge in [-0.3, -0.25) is 0 Å². The number of benzene rings is 1. The van der Waals surface area contributed by atoms with E-state index in [0.717, 1.165) is 37.7 Å². The van der Waals surface area contributed by atoms with Crippen LogP contribution in [0, 0.1) is 0 Å². The predicted molar refractivity (Wildman–Crippen MR) is 69.0 cm³/mol. The van der Waals surface area contributed by atoms with Crippen molar-refractivity contribution in [2.45, 2.75) is 13.8 Å². The Morgan fingerprint density at radius 3 is 2.53 bits per heavy atom. The van der Waals surface area contributed by atoms with E-state index in [1.54, 1.807) is 0 Å². The van der Waals surface area contributed by atoms with Crippen LogP contribution in [0.1, 0.15) is 13.8 Å². The molecule has 0 radical (unpaired) electrons. The SMILES string of the molecule is CC.c1cc2c(cc1N1CCNCC1)OCO2. The number of hydrogen-bond acceptors (Lipinski definition) is 4. The summed E-state index contributed by atoms with van der Waals surface area (Å²) in [5.74, 6) is 1.72. The molecule has 0 amide bonds. The third-order valence-electron chi connectivity index (χ3n) is 2.84. The minimum absolute atomic E-state index is 0.348. The van der Waals surface area contributed by atoms with Crippen molar-refractivity contribution in [1.82, 2.24) is 5.32 Å². The Hall–Kier alpha value is -1.42. The quantitative estimate of drug-likeness (QED) is 0.807. The van der Waals surface area contributed by atoms with Crippen LogP contribution in [0.3, 0.4) is 0 Å². The van der Waals surface area contributed by atoms with E-state index in [-0.39, 0.29) is 0 Å². The molecule has 94 valence electrons. The highest BCUT2D eigenvalue weighted by Crippen LogP contribution is 2.35. The third kappa shape index (κ3) is 2.64. The average molecular weight is 236 g/mol. The molecule has 0 unspecified atom stereocenters. The molecule has 0 aromatic heterocycles. The molecule has 1 saturated heterocycles. The second kappa shape index (κ2) is 5.77. The maximum atomic E-state index is 5.37. The molecule has 1 N–H and O–H groups in total. The molecule has 17 heavy (non-hydrogen) atoms. The van der Waals surface area contributed by atoms with Gasteiger partial charge in [0.25, 0.3) is 0 Å². The van der Waals surface area contributed by atoms with Gasteiger partial charge >= 0.3 is 0 Å². The fraction of sp³-hybridized carbons (Fsp3) is 0.538. The van der Waals surface area contributed by atoms with E-state index in [9.17, 15) is 0 Å². The van der Waals surface area contributed by atoms with E-state index in [1.807, 2.05) is 19.9 Å². The number of anilines is 1. The topological polar surface area (TPSA) is 33.7 Å². The van der Waals surface area contributed by atoms with Crippen molar-refractivity contribution in [2.24, 2.45) is 0 Å². The van der Waals surface area contributed by atoms with Gasteiger partial charge in [0.15, 0.2) is 11.5 Å². The highest BCUT2D eigenvalue weighted by molar-refractivity contribution is 5.57. The lowest BCUT2D eigenvalue weighted by Gasteiger charge is -2.29.